The second-order valence-corrected chi connectivity index (χ2v) is 4.81. The molecule has 0 spiro atoms. The van der Waals surface area contributed by atoms with E-state index in [1.54, 1.807) is 6.07 Å². The lowest BCUT2D eigenvalue weighted by Gasteiger charge is -2.09. The van der Waals surface area contributed by atoms with Crippen molar-refractivity contribution in [3.8, 4) is 5.75 Å². The molecule has 0 amide bonds. The zero-order valence-electron chi connectivity index (χ0n) is 10.1. The van der Waals surface area contributed by atoms with Crippen molar-refractivity contribution < 1.29 is 14.6 Å². The summed E-state index contributed by atoms with van der Waals surface area (Å²) in [4.78, 5) is 10.7. The summed E-state index contributed by atoms with van der Waals surface area (Å²) in [6.07, 6.45) is 0.757. The maximum atomic E-state index is 10.7. The van der Waals surface area contributed by atoms with Gasteiger partial charge in [0.25, 0.3) is 0 Å². The molecule has 0 aliphatic heterocycles. The van der Waals surface area contributed by atoms with Gasteiger partial charge in [0.2, 0.25) is 0 Å². The Morgan fingerprint density at radius 3 is 2.94 bits per heavy atom. The number of carboxylic acids is 1. The molecule has 2 rings (SSSR count). The quantitative estimate of drug-likeness (QED) is 0.834. The molecule has 4 nitrogen and oxygen atoms in total. The molecule has 1 aliphatic rings. The van der Waals surface area contributed by atoms with E-state index in [2.05, 4.69) is 5.32 Å². The Morgan fingerprint density at radius 1 is 1.61 bits per heavy atom. The molecule has 0 heterocycles. The summed E-state index contributed by atoms with van der Waals surface area (Å²) in [7, 11) is 0. The number of hydrogen-bond acceptors (Lipinski definition) is 3. The van der Waals surface area contributed by atoms with Crippen LogP contribution in [0.4, 0.5) is 5.69 Å². The third-order valence-corrected chi connectivity index (χ3v) is 3.34. The average molecular weight is 270 g/mol. The number of hydrogen-bond donors (Lipinski definition) is 2. The van der Waals surface area contributed by atoms with Crippen LogP contribution in [0.1, 0.15) is 13.3 Å². The van der Waals surface area contributed by atoms with Gasteiger partial charge < -0.3 is 15.2 Å². The number of ether oxygens (including phenoxy) is 1. The van der Waals surface area contributed by atoms with Gasteiger partial charge in [-0.05, 0) is 37.5 Å². The number of carboxylic acid groups (broad SMARTS) is 1. The molecule has 2 atom stereocenters. The molecule has 0 radical (unpaired) electrons. The van der Waals surface area contributed by atoms with Crippen LogP contribution < -0.4 is 10.1 Å². The number of nitrogens with one attached hydrogen (secondary N) is 1. The fourth-order valence-corrected chi connectivity index (χ4v) is 2.14. The van der Waals surface area contributed by atoms with Gasteiger partial charge >= 0.3 is 5.97 Å². The Balaban J connectivity index is 1.87. The van der Waals surface area contributed by atoms with E-state index in [-0.39, 0.29) is 11.8 Å². The fraction of sp³-hybridized carbons (Fsp3) is 0.462. The number of rotatable bonds is 6. The molecular formula is C13H16ClNO3. The van der Waals surface area contributed by atoms with Crippen LogP contribution in [0.15, 0.2) is 18.2 Å². The Kier molecular flexibility index (Phi) is 3.97. The molecule has 5 heteroatoms. The van der Waals surface area contributed by atoms with Crippen LogP contribution in [0.5, 0.6) is 5.75 Å². The molecule has 0 bridgehead atoms. The van der Waals surface area contributed by atoms with Gasteiger partial charge in [-0.25, -0.2) is 0 Å². The van der Waals surface area contributed by atoms with E-state index >= 15 is 0 Å². The summed E-state index contributed by atoms with van der Waals surface area (Å²) in [5, 5.41) is 12.6. The van der Waals surface area contributed by atoms with Crippen molar-refractivity contribution in [3.05, 3.63) is 23.2 Å². The van der Waals surface area contributed by atoms with Crippen LogP contribution in [-0.4, -0.2) is 24.2 Å². The summed E-state index contributed by atoms with van der Waals surface area (Å²) in [6, 6.07) is 5.50. The zero-order valence-corrected chi connectivity index (χ0v) is 10.9. The first-order chi connectivity index (χ1) is 8.61. The number of aliphatic carboxylic acids is 1. The molecule has 1 saturated carbocycles. The molecule has 2 N–H and O–H groups in total. The van der Waals surface area contributed by atoms with Crippen molar-refractivity contribution in [1.82, 2.24) is 0 Å². The van der Waals surface area contributed by atoms with Gasteiger partial charge in [-0.1, -0.05) is 11.6 Å². The van der Waals surface area contributed by atoms with Crippen molar-refractivity contribution in [3.63, 3.8) is 0 Å². The molecular weight excluding hydrogens is 254 g/mol. The maximum Gasteiger partial charge on any atom is 0.306 e. The number of halogens is 1. The SMILES string of the molecule is CCOc1ccc(NCC2CC2C(=O)O)cc1Cl. The monoisotopic (exact) mass is 269 g/mol. The smallest absolute Gasteiger partial charge is 0.306 e. The van der Waals surface area contributed by atoms with E-state index in [4.69, 9.17) is 21.4 Å². The Morgan fingerprint density at radius 2 is 2.39 bits per heavy atom. The average Bonchev–Trinajstić information content (AvgIpc) is 3.09. The van der Waals surface area contributed by atoms with Gasteiger partial charge in [-0.2, -0.15) is 0 Å². The van der Waals surface area contributed by atoms with Crippen molar-refractivity contribution in [2.75, 3.05) is 18.5 Å². The first-order valence-electron chi connectivity index (χ1n) is 6.00. The molecule has 1 fully saturated rings. The number of anilines is 1. The van der Waals surface area contributed by atoms with Gasteiger partial charge in [0.15, 0.2) is 0 Å². The second kappa shape index (κ2) is 5.48. The van der Waals surface area contributed by atoms with Crippen molar-refractivity contribution in [2.45, 2.75) is 13.3 Å². The Hall–Kier alpha value is -1.42. The highest BCUT2D eigenvalue weighted by molar-refractivity contribution is 6.32. The summed E-state index contributed by atoms with van der Waals surface area (Å²) >= 11 is 6.06. The van der Waals surface area contributed by atoms with E-state index in [0.29, 0.717) is 23.9 Å². The van der Waals surface area contributed by atoms with Crippen LogP contribution in [-0.2, 0) is 4.79 Å². The van der Waals surface area contributed by atoms with Crippen LogP contribution in [0.3, 0.4) is 0 Å². The first-order valence-corrected chi connectivity index (χ1v) is 6.38. The summed E-state index contributed by atoms with van der Waals surface area (Å²) in [6.45, 7) is 3.15. The Bertz CT molecular complexity index is 450. The third-order valence-electron chi connectivity index (χ3n) is 3.04. The molecule has 0 aromatic heterocycles. The normalized spacial score (nSPS) is 21.4. The number of carbonyl (C=O) groups is 1. The first kappa shape index (κ1) is 13.0. The highest BCUT2D eigenvalue weighted by Crippen LogP contribution is 2.38. The standard InChI is InChI=1S/C13H16ClNO3/c1-2-18-12-4-3-9(6-11(12)14)15-7-8-5-10(8)13(16)17/h3-4,6,8,10,15H,2,5,7H2,1H3,(H,16,17). The van der Waals surface area contributed by atoms with Crippen molar-refractivity contribution in [1.29, 1.82) is 0 Å². The molecule has 0 saturated heterocycles. The minimum atomic E-state index is -0.702. The summed E-state index contributed by atoms with van der Waals surface area (Å²) < 4.78 is 5.34. The van der Waals surface area contributed by atoms with Crippen LogP contribution in [0.2, 0.25) is 5.02 Å². The van der Waals surface area contributed by atoms with Crippen LogP contribution in [0, 0.1) is 11.8 Å². The predicted molar refractivity (Wildman–Crippen MR) is 70.3 cm³/mol. The molecule has 1 aliphatic carbocycles. The van der Waals surface area contributed by atoms with Gasteiger partial charge in [-0.15, -0.1) is 0 Å². The van der Waals surface area contributed by atoms with E-state index in [1.165, 1.54) is 0 Å². The molecule has 2 unspecified atom stereocenters. The van der Waals surface area contributed by atoms with Gasteiger partial charge in [-0.3, -0.25) is 4.79 Å². The van der Waals surface area contributed by atoms with Crippen molar-refractivity contribution >= 4 is 23.3 Å². The van der Waals surface area contributed by atoms with Gasteiger partial charge in [0.05, 0.1) is 17.5 Å². The highest BCUT2D eigenvalue weighted by atomic mass is 35.5. The van der Waals surface area contributed by atoms with Gasteiger partial charge in [0.1, 0.15) is 5.75 Å². The lowest BCUT2D eigenvalue weighted by molar-refractivity contribution is -0.138. The fourth-order valence-electron chi connectivity index (χ4n) is 1.91. The minimum absolute atomic E-state index is 0.185. The lowest BCUT2D eigenvalue weighted by Crippen LogP contribution is -2.08. The largest absolute Gasteiger partial charge is 0.492 e. The van der Waals surface area contributed by atoms with E-state index in [1.807, 2.05) is 19.1 Å². The van der Waals surface area contributed by atoms with E-state index in [0.717, 1.165) is 12.1 Å². The zero-order chi connectivity index (χ0) is 13.1. The molecule has 98 valence electrons. The predicted octanol–water partition coefficient (Wildman–Crippen LogP) is 2.87. The molecule has 1 aromatic carbocycles. The van der Waals surface area contributed by atoms with E-state index < -0.39 is 5.97 Å². The third kappa shape index (κ3) is 3.07. The van der Waals surface area contributed by atoms with Crippen LogP contribution in [0.25, 0.3) is 0 Å². The molecule has 18 heavy (non-hydrogen) atoms. The lowest BCUT2D eigenvalue weighted by atomic mass is 10.2. The van der Waals surface area contributed by atoms with Gasteiger partial charge in [0, 0.05) is 12.2 Å². The Labute approximate surface area is 111 Å². The maximum absolute atomic E-state index is 10.7. The minimum Gasteiger partial charge on any atom is -0.492 e. The number of benzene rings is 1. The molecule has 1 aromatic rings. The van der Waals surface area contributed by atoms with Crippen LogP contribution >= 0.6 is 11.6 Å². The highest BCUT2D eigenvalue weighted by Gasteiger charge is 2.42. The summed E-state index contributed by atoms with van der Waals surface area (Å²) in [5.41, 5.74) is 0.888. The topological polar surface area (TPSA) is 58.6 Å². The second-order valence-electron chi connectivity index (χ2n) is 4.40. The van der Waals surface area contributed by atoms with Crippen molar-refractivity contribution in [2.24, 2.45) is 11.8 Å². The summed E-state index contributed by atoms with van der Waals surface area (Å²) in [5.74, 6) is 0.00888. The van der Waals surface area contributed by atoms with E-state index in [9.17, 15) is 4.79 Å².